The minimum atomic E-state index is 0.598. The van der Waals surface area contributed by atoms with Crippen LogP contribution in [0.2, 0.25) is 0 Å². The van der Waals surface area contributed by atoms with Crippen LogP contribution in [0.15, 0.2) is 24.8 Å². The number of hydrogen-bond acceptors (Lipinski definition) is 2. The Morgan fingerprint density at radius 2 is 2.25 bits per heavy atom. The van der Waals surface area contributed by atoms with Crippen LogP contribution in [0.3, 0.4) is 0 Å². The summed E-state index contributed by atoms with van der Waals surface area (Å²) in [7, 11) is 3.19. The fourth-order valence-corrected chi connectivity index (χ4v) is 0.924. The number of hydrogen-bond donors (Lipinski definition) is 0. The lowest BCUT2D eigenvalue weighted by atomic mass is 10.2. The van der Waals surface area contributed by atoms with E-state index in [1.807, 2.05) is 6.07 Å². The second-order valence-corrected chi connectivity index (χ2v) is 2.25. The Morgan fingerprint density at radius 1 is 1.50 bits per heavy atom. The van der Waals surface area contributed by atoms with Crippen LogP contribution < -0.4 is 4.74 Å². The van der Waals surface area contributed by atoms with Crippen molar-refractivity contribution in [1.82, 2.24) is 0 Å². The highest BCUT2D eigenvalue weighted by atomic mass is 16.5. The molecule has 0 fully saturated rings. The average Bonchev–Trinajstić information content (AvgIpc) is 2.16. The highest BCUT2D eigenvalue weighted by molar-refractivity contribution is 5.63. The van der Waals surface area contributed by atoms with E-state index >= 15 is 0 Å². The Balaban J connectivity index is 3.04. The Kier molecular flexibility index (Phi) is 2.75. The van der Waals surface area contributed by atoms with Gasteiger partial charge in [-0.1, -0.05) is 12.6 Å². The van der Waals surface area contributed by atoms with Crippen LogP contribution in [-0.4, -0.2) is 14.2 Å². The maximum absolute atomic E-state index is 5.10. The normalized spacial score (nSPS) is 9.17. The van der Waals surface area contributed by atoms with Gasteiger partial charge in [0.2, 0.25) is 0 Å². The maximum atomic E-state index is 5.10. The average molecular weight is 163 g/mol. The van der Waals surface area contributed by atoms with Gasteiger partial charge in [0.1, 0.15) is 11.5 Å². The van der Waals surface area contributed by atoms with E-state index in [1.54, 1.807) is 26.4 Å². The van der Waals surface area contributed by atoms with E-state index in [0.29, 0.717) is 5.76 Å². The summed E-state index contributed by atoms with van der Waals surface area (Å²) in [6.07, 6.45) is 0. The molecular formula is C10H11O2. The molecule has 12 heavy (non-hydrogen) atoms. The number of methoxy groups -OCH3 is 2. The first kappa shape index (κ1) is 8.65. The zero-order chi connectivity index (χ0) is 8.97. The Morgan fingerprint density at radius 3 is 2.83 bits per heavy atom. The van der Waals surface area contributed by atoms with Crippen molar-refractivity contribution in [3.05, 3.63) is 36.4 Å². The summed E-state index contributed by atoms with van der Waals surface area (Å²) in [6.45, 7) is 3.74. The Hall–Kier alpha value is -1.44. The lowest BCUT2D eigenvalue weighted by Crippen LogP contribution is -1.91. The van der Waals surface area contributed by atoms with Gasteiger partial charge in [-0.05, 0) is 18.2 Å². The molecule has 2 nitrogen and oxygen atoms in total. The van der Waals surface area contributed by atoms with Crippen molar-refractivity contribution >= 4 is 5.76 Å². The quantitative estimate of drug-likeness (QED) is 0.635. The van der Waals surface area contributed by atoms with Crippen LogP contribution in [0.5, 0.6) is 5.75 Å². The van der Waals surface area contributed by atoms with Gasteiger partial charge in [0.25, 0.3) is 0 Å². The van der Waals surface area contributed by atoms with Crippen molar-refractivity contribution in [2.24, 2.45) is 0 Å². The summed E-state index contributed by atoms with van der Waals surface area (Å²) >= 11 is 0. The largest absolute Gasteiger partial charge is 0.497 e. The molecule has 0 N–H and O–H groups in total. The molecule has 0 atom stereocenters. The first-order chi connectivity index (χ1) is 5.79. The number of benzene rings is 1. The van der Waals surface area contributed by atoms with Gasteiger partial charge in [-0.3, -0.25) is 0 Å². The third kappa shape index (κ3) is 1.59. The van der Waals surface area contributed by atoms with Crippen molar-refractivity contribution in [2.45, 2.75) is 0 Å². The molecule has 0 saturated carbocycles. The predicted molar refractivity (Wildman–Crippen MR) is 47.9 cm³/mol. The number of ether oxygens (including phenoxy) is 2. The topological polar surface area (TPSA) is 18.5 Å². The minimum Gasteiger partial charge on any atom is -0.497 e. The lowest BCUT2D eigenvalue weighted by molar-refractivity contribution is 0.363. The summed E-state index contributed by atoms with van der Waals surface area (Å²) < 4.78 is 10.1. The van der Waals surface area contributed by atoms with E-state index in [-0.39, 0.29) is 0 Å². The molecule has 0 aliphatic rings. The molecule has 0 aromatic heterocycles. The van der Waals surface area contributed by atoms with E-state index in [1.165, 1.54) is 0 Å². The van der Waals surface area contributed by atoms with E-state index < -0.39 is 0 Å². The Labute approximate surface area is 72.4 Å². The van der Waals surface area contributed by atoms with Gasteiger partial charge in [-0.2, -0.15) is 0 Å². The van der Waals surface area contributed by atoms with Crippen molar-refractivity contribution in [2.75, 3.05) is 14.2 Å². The fourth-order valence-electron chi connectivity index (χ4n) is 0.924. The molecule has 0 aliphatic carbocycles. The molecule has 0 aliphatic heterocycles. The van der Waals surface area contributed by atoms with Gasteiger partial charge in [0.15, 0.2) is 0 Å². The van der Waals surface area contributed by atoms with E-state index in [9.17, 15) is 0 Å². The second kappa shape index (κ2) is 3.81. The summed E-state index contributed by atoms with van der Waals surface area (Å²) in [5, 5.41) is 0. The van der Waals surface area contributed by atoms with Crippen LogP contribution in [0, 0.1) is 6.07 Å². The summed E-state index contributed by atoms with van der Waals surface area (Å²) in [5.41, 5.74) is 0.860. The molecule has 0 heterocycles. The number of rotatable bonds is 3. The van der Waals surface area contributed by atoms with Gasteiger partial charge in [-0.25, -0.2) is 0 Å². The highest BCUT2D eigenvalue weighted by Gasteiger charge is 2.04. The zero-order valence-corrected chi connectivity index (χ0v) is 7.26. The van der Waals surface area contributed by atoms with E-state index in [4.69, 9.17) is 9.47 Å². The van der Waals surface area contributed by atoms with Gasteiger partial charge >= 0.3 is 0 Å². The molecule has 0 unspecified atom stereocenters. The molecule has 63 valence electrons. The maximum Gasteiger partial charge on any atom is 0.130 e. The molecule has 0 amide bonds. The summed E-state index contributed by atoms with van der Waals surface area (Å²) in [6, 6.07) is 8.30. The van der Waals surface area contributed by atoms with Gasteiger partial charge in [0.05, 0.1) is 19.8 Å². The molecule has 0 spiro atoms. The molecule has 1 aromatic rings. The standard InChI is InChI=1S/C10H11O2/c1-8(11-2)9-6-4-5-7-10(9)12-3/h4,6-7H,1H2,2-3H3. The molecule has 2 heteroatoms. The first-order valence-corrected chi connectivity index (χ1v) is 3.57. The van der Waals surface area contributed by atoms with Crippen molar-refractivity contribution < 1.29 is 9.47 Å². The summed E-state index contributed by atoms with van der Waals surface area (Å²) in [5.74, 6) is 1.32. The van der Waals surface area contributed by atoms with E-state index in [2.05, 4.69) is 12.6 Å². The monoisotopic (exact) mass is 163 g/mol. The van der Waals surface area contributed by atoms with Crippen molar-refractivity contribution in [3.8, 4) is 5.75 Å². The third-order valence-corrected chi connectivity index (χ3v) is 1.59. The van der Waals surface area contributed by atoms with E-state index in [0.717, 1.165) is 11.3 Å². The third-order valence-electron chi connectivity index (χ3n) is 1.59. The molecule has 0 saturated heterocycles. The van der Waals surface area contributed by atoms with Gasteiger partial charge in [0, 0.05) is 0 Å². The SMILES string of the molecule is C=C(OC)c1cc[c]cc1OC. The van der Waals surface area contributed by atoms with Crippen molar-refractivity contribution in [3.63, 3.8) is 0 Å². The van der Waals surface area contributed by atoms with Crippen LogP contribution in [0.25, 0.3) is 5.76 Å². The van der Waals surface area contributed by atoms with Crippen LogP contribution in [0.4, 0.5) is 0 Å². The second-order valence-electron chi connectivity index (χ2n) is 2.25. The zero-order valence-electron chi connectivity index (χ0n) is 7.26. The molecule has 1 rings (SSSR count). The van der Waals surface area contributed by atoms with Gasteiger partial charge < -0.3 is 9.47 Å². The smallest absolute Gasteiger partial charge is 0.130 e. The summed E-state index contributed by atoms with van der Waals surface area (Å²) in [4.78, 5) is 0. The fraction of sp³-hybridized carbons (Fsp3) is 0.200. The minimum absolute atomic E-state index is 0.598. The molecule has 1 radical (unpaired) electrons. The molecular weight excluding hydrogens is 152 g/mol. The van der Waals surface area contributed by atoms with Crippen LogP contribution in [0.1, 0.15) is 5.56 Å². The Bertz CT molecular complexity index is 279. The molecule has 1 aromatic carbocycles. The van der Waals surface area contributed by atoms with Gasteiger partial charge in [-0.15, -0.1) is 0 Å². The first-order valence-electron chi connectivity index (χ1n) is 3.57. The molecule has 0 bridgehead atoms. The lowest BCUT2D eigenvalue weighted by Gasteiger charge is -2.08. The van der Waals surface area contributed by atoms with Crippen LogP contribution in [-0.2, 0) is 4.74 Å². The van der Waals surface area contributed by atoms with Crippen molar-refractivity contribution in [1.29, 1.82) is 0 Å². The highest BCUT2D eigenvalue weighted by Crippen LogP contribution is 2.23. The van der Waals surface area contributed by atoms with Crippen LogP contribution >= 0.6 is 0 Å². The predicted octanol–water partition coefficient (Wildman–Crippen LogP) is 2.11.